The molecule has 2 nitrogen and oxygen atoms in total. The Morgan fingerprint density at radius 3 is 2.00 bits per heavy atom. The molecule has 0 radical (unpaired) electrons. The Balaban J connectivity index is 1.37. The number of hydrogen-bond donors (Lipinski definition) is 0. The number of hydrogen-bond acceptors (Lipinski definition) is 2. The zero-order valence-corrected chi connectivity index (χ0v) is 20.2. The highest BCUT2D eigenvalue weighted by atomic mass is 16.5. The minimum Gasteiger partial charge on any atom is -0.462 e. The van der Waals surface area contributed by atoms with Crippen molar-refractivity contribution in [3.63, 3.8) is 0 Å². The van der Waals surface area contributed by atoms with E-state index < -0.39 is 0 Å². The molecular formula is C29H46O2. The van der Waals surface area contributed by atoms with Crippen LogP contribution in [0.2, 0.25) is 0 Å². The molecular weight excluding hydrogens is 380 g/mol. The predicted molar refractivity (Wildman–Crippen MR) is 131 cm³/mol. The standard InChI is InChI=1S/C29H46O2/c1-3-5-7-8-9-23-10-12-24(13-11-23)25-14-16-26(17-15-25)27-18-20-28(21-19-27)29(30)31-22-6-4-2/h18-21,23-26H,3-17,22H2,1-2H3/t23-,24-,25?,26?. The lowest BCUT2D eigenvalue weighted by atomic mass is 9.68. The lowest BCUT2D eigenvalue weighted by molar-refractivity contribution is 0.0499. The average molecular weight is 427 g/mol. The van der Waals surface area contributed by atoms with Crippen LogP contribution in [0.15, 0.2) is 24.3 Å². The Kier molecular flexibility index (Phi) is 10.4. The molecule has 0 unspecified atom stereocenters. The number of carbonyl (C=O) groups is 1. The molecule has 0 heterocycles. The molecule has 0 N–H and O–H groups in total. The van der Waals surface area contributed by atoms with Crippen molar-refractivity contribution in [2.24, 2.45) is 17.8 Å². The SMILES string of the molecule is CCCCCC[C@H]1CC[C@H](C2CCC(c3ccc(C(=O)OCCCC)cc3)CC2)CC1. The van der Waals surface area contributed by atoms with Crippen LogP contribution in [0.5, 0.6) is 0 Å². The minimum atomic E-state index is -0.176. The first kappa shape index (κ1) is 24.3. The maximum Gasteiger partial charge on any atom is 0.338 e. The summed E-state index contributed by atoms with van der Waals surface area (Å²) in [5.41, 5.74) is 2.11. The first-order valence-corrected chi connectivity index (χ1v) is 13.5. The van der Waals surface area contributed by atoms with Gasteiger partial charge < -0.3 is 4.74 Å². The summed E-state index contributed by atoms with van der Waals surface area (Å²) in [4.78, 5) is 12.1. The zero-order chi connectivity index (χ0) is 21.9. The maximum atomic E-state index is 12.1. The third-order valence-corrected chi connectivity index (χ3v) is 8.14. The second-order valence-corrected chi connectivity index (χ2v) is 10.4. The van der Waals surface area contributed by atoms with Gasteiger partial charge in [-0.3, -0.25) is 0 Å². The summed E-state index contributed by atoms with van der Waals surface area (Å²) in [6, 6.07) is 8.28. The van der Waals surface area contributed by atoms with Crippen molar-refractivity contribution in [2.45, 2.75) is 116 Å². The van der Waals surface area contributed by atoms with E-state index in [2.05, 4.69) is 26.0 Å². The lowest BCUT2D eigenvalue weighted by Gasteiger charge is -2.38. The highest BCUT2D eigenvalue weighted by molar-refractivity contribution is 5.89. The third-order valence-electron chi connectivity index (χ3n) is 8.14. The number of benzene rings is 1. The van der Waals surface area contributed by atoms with E-state index >= 15 is 0 Å². The van der Waals surface area contributed by atoms with Gasteiger partial charge in [-0.25, -0.2) is 4.79 Å². The molecule has 2 heteroatoms. The van der Waals surface area contributed by atoms with Crippen LogP contribution in [0.4, 0.5) is 0 Å². The smallest absolute Gasteiger partial charge is 0.338 e. The number of unbranched alkanes of at least 4 members (excludes halogenated alkanes) is 4. The first-order chi connectivity index (χ1) is 15.2. The van der Waals surface area contributed by atoms with E-state index in [1.165, 1.54) is 89.0 Å². The van der Waals surface area contributed by atoms with E-state index in [9.17, 15) is 4.79 Å². The van der Waals surface area contributed by atoms with Gasteiger partial charge in [0.25, 0.3) is 0 Å². The van der Waals surface area contributed by atoms with Crippen molar-refractivity contribution in [3.05, 3.63) is 35.4 Å². The predicted octanol–water partition coefficient (Wildman–Crippen LogP) is 8.69. The molecule has 1 aromatic rings. The van der Waals surface area contributed by atoms with Gasteiger partial charge in [-0.05, 0) is 86.3 Å². The van der Waals surface area contributed by atoms with E-state index in [1.54, 1.807) is 0 Å². The van der Waals surface area contributed by atoms with Crippen LogP contribution >= 0.6 is 0 Å². The first-order valence-electron chi connectivity index (χ1n) is 13.5. The molecule has 0 atom stereocenters. The van der Waals surface area contributed by atoms with Crippen molar-refractivity contribution in [3.8, 4) is 0 Å². The fraction of sp³-hybridized carbons (Fsp3) is 0.759. The Labute approximate surface area is 191 Å². The van der Waals surface area contributed by atoms with Gasteiger partial charge in [-0.1, -0.05) is 77.3 Å². The molecule has 0 aromatic heterocycles. The fourth-order valence-electron chi connectivity index (χ4n) is 6.02. The molecule has 0 spiro atoms. The number of rotatable bonds is 11. The number of ether oxygens (including phenoxy) is 1. The van der Waals surface area contributed by atoms with E-state index in [0.717, 1.165) is 30.6 Å². The minimum absolute atomic E-state index is 0.176. The zero-order valence-electron chi connectivity index (χ0n) is 20.2. The summed E-state index contributed by atoms with van der Waals surface area (Å²) in [7, 11) is 0. The monoisotopic (exact) mass is 426 g/mol. The molecule has 0 bridgehead atoms. The van der Waals surface area contributed by atoms with E-state index in [0.29, 0.717) is 18.1 Å². The molecule has 0 saturated heterocycles. The van der Waals surface area contributed by atoms with Crippen LogP contribution in [0.25, 0.3) is 0 Å². The number of esters is 1. The van der Waals surface area contributed by atoms with E-state index in [-0.39, 0.29) is 5.97 Å². The van der Waals surface area contributed by atoms with Gasteiger partial charge in [0.05, 0.1) is 12.2 Å². The average Bonchev–Trinajstić information content (AvgIpc) is 2.83. The molecule has 3 rings (SSSR count). The molecule has 2 aliphatic rings. The molecule has 174 valence electrons. The van der Waals surface area contributed by atoms with Gasteiger partial charge in [-0.15, -0.1) is 0 Å². The second-order valence-electron chi connectivity index (χ2n) is 10.4. The van der Waals surface area contributed by atoms with Gasteiger partial charge in [0, 0.05) is 0 Å². The van der Waals surface area contributed by atoms with E-state index in [1.807, 2.05) is 12.1 Å². The Morgan fingerprint density at radius 1 is 0.774 bits per heavy atom. The van der Waals surface area contributed by atoms with Crippen molar-refractivity contribution in [1.82, 2.24) is 0 Å². The normalized spacial score (nSPS) is 26.5. The quantitative estimate of drug-likeness (QED) is 0.261. The summed E-state index contributed by atoms with van der Waals surface area (Å²) >= 11 is 0. The van der Waals surface area contributed by atoms with Crippen molar-refractivity contribution in [2.75, 3.05) is 6.61 Å². The van der Waals surface area contributed by atoms with Crippen LogP contribution in [0.1, 0.15) is 132 Å². The molecule has 2 aliphatic carbocycles. The lowest BCUT2D eigenvalue weighted by Crippen LogP contribution is -2.25. The van der Waals surface area contributed by atoms with Gasteiger partial charge in [0.15, 0.2) is 0 Å². The highest BCUT2D eigenvalue weighted by Gasteiger charge is 2.31. The molecule has 2 fully saturated rings. The van der Waals surface area contributed by atoms with Crippen molar-refractivity contribution < 1.29 is 9.53 Å². The molecule has 0 amide bonds. The van der Waals surface area contributed by atoms with Crippen molar-refractivity contribution >= 4 is 5.97 Å². The maximum absolute atomic E-state index is 12.1. The highest BCUT2D eigenvalue weighted by Crippen LogP contribution is 2.44. The van der Waals surface area contributed by atoms with Gasteiger partial charge in [-0.2, -0.15) is 0 Å². The van der Waals surface area contributed by atoms with Crippen LogP contribution in [0, 0.1) is 17.8 Å². The molecule has 31 heavy (non-hydrogen) atoms. The topological polar surface area (TPSA) is 26.3 Å². The summed E-state index contributed by atoms with van der Waals surface area (Å²) in [6.45, 7) is 4.94. The van der Waals surface area contributed by atoms with Gasteiger partial charge >= 0.3 is 5.97 Å². The third kappa shape index (κ3) is 7.65. The number of carbonyl (C=O) groups excluding carboxylic acids is 1. The van der Waals surface area contributed by atoms with Crippen LogP contribution in [0.3, 0.4) is 0 Å². The molecule has 2 saturated carbocycles. The van der Waals surface area contributed by atoms with Crippen LogP contribution in [-0.4, -0.2) is 12.6 Å². The van der Waals surface area contributed by atoms with Crippen molar-refractivity contribution in [1.29, 1.82) is 0 Å². The molecule has 1 aromatic carbocycles. The Hall–Kier alpha value is -1.31. The van der Waals surface area contributed by atoms with Crippen LogP contribution in [-0.2, 0) is 4.74 Å². The summed E-state index contributed by atoms with van der Waals surface area (Å²) in [5, 5.41) is 0. The second kappa shape index (κ2) is 13.3. The Bertz CT molecular complexity index is 619. The fourth-order valence-corrected chi connectivity index (χ4v) is 6.02. The van der Waals surface area contributed by atoms with E-state index in [4.69, 9.17) is 4.74 Å². The van der Waals surface area contributed by atoms with Gasteiger partial charge in [0.2, 0.25) is 0 Å². The summed E-state index contributed by atoms with van der Waals surface area (Å²) < 4.78 is 5.34. The Morgan fingerprint density at radius 2 is 1.39 bits per heavy atom. The summed E-state index contributed by atoms with van der Waals surface area (Å²) in [5.74, 6) is 3.48. The van der Waals surface area contributed by atoms with Crippen LogP contribution < -0.4 is 0 Å². The van der Waals surface area contributed by atoms with Gasteiger partial charge in [0.1, 0.15) is 0 Å². The molecule has 0 aliphatic heterocycles. The largest absolute Gasteiger partial charge is 0.462 e. The summed E-state index contributed by atoms with van der Waals surface area (Å²) in [6.07, 6.45) is 20.6.